The van der Waals surface area contributed by atoms with Gasteiger partial charge in [0.05, 0.1) is 10.6 Å². The molecule has 0 aliphatic rings. The third-order valence-corrected chi connectivity index (χ3v) is 3.92. The van der Waals surface area contributed by atoms with Gasteiger partial charge in [0, 0.05) is 12.6 Å². The number of hydrogen-bond donors (Lipinski definition) is 2. The maximum absolute atomic E-state index is 13.1. The van der Waals surface area contributed by atoms with Gasteiger partial charge in [-0.3, -0.25) is 9.52 Å². The first-order chi connectivity index (χ1) is 9.87. The maximum atomic E-state index is 13.1. The molecule has 2 N–H and O–H groups in total. The van der Waals surface area contributed by atoms with Gasteiger partial charge in [0.1, 0.15) is 5.82 Å². The lowest BCUT2D eigenvalue weighted by Gasteiger charge is -2.10. The van der Waals surface area contributed by atoms with E-state index in [-0.39, 0.29) is 16.5 Å². The average Bonchev–Trinajstić information content (AvgIpc) is 2.37. The van der Waals surface area contributed by atoms with Gasteiger partial charge in [-0.2, -0.15) is 0 Å². The summed E-state index contributed by atoms with van der Waals surface area (Å²) in [6.07, 6.45) is 0. The van der Waals surface area contributed by atoms with Crippen LogP contribution in [0, 0.1) is 5.82 Å². The quantitative estimate of drug-likeness (QED) is 0.911. The number of carbonyl (C=O) groups excluding carboxylic acids is 1. The summed E-state index contributed by atoms with van der Waals surface area (Å²) in [6.45, 7) is 1.35. The second kappa shape index (κ2) is 5.92. The molecule has 0 fully saturated rings. The summed E-state index contributed by atoms with van der Waals surface area (Å²) in [5.74, 6) is -0.898. The normalized spacial score (nSPS) is 11.0. The van der Waals surface area contributed by atoms with Crippen LogP contribution in [-0.4, -0.2) is 14.3 Å². The molecule has 0 unspecified atom stereocenters. The van der Waals surface area contributed by atoms with E-state index in [4.69, 9.17) is 0 Å². The fraction of sp³-hybridized carbons (Fsp3) is 0.0714. The number of carbonyl (C=O) groups is 1. The van der Waals surface area contributed by atoms with E-state index in [2.05, 4.69) is 10.0 Å². The van der Waals surface area contributed by atoms with Crippen LogP contribution in [-0.2, 0) is 14.8 Å². The van der Waals surface area contributed by atoms with Gasteiger partial charge >= 0.3 is 0 Å². The molecule has 0 aliphatic heterocycles. The van der Waals surface area contributed by atoms with E-state index >= 15 is 0 Å². The van der Waals surface area contributed by atoms with E-state index in [9.17, 15) is 17.6 Å². The Balaban J connectivity index is 2.26. The first kappa shape index (κ1) is 15.0. The van der Waals surface area contributed by atoms with E-state index in [1.165, 1.54) is 31.2 Å². The largest absolute Gasteiger partial charge is 0.326 e. The molecule has 7 heteroatoms. The lowest BCUT2D eigenvalue weighted by atomic mass is 10.3. The van der Waals surface area contributed by atoms with Gasteiger partial charge in [0.25, 0.3) is 10.0 Å². The topological polar surface area (TPSA) is 75.3 Å². The van der Waals surface area contributed by atoms with Gasteiger partial charge in [-0.1, -0.05) is 12.1 Å². The lowest BCUT2D eigenvalue weighted by Crippen LogP contribution is -2.13. The highest BCUT2D eigenvalue weighted by atomic mass is 32.2. The molecule has 2 rings (SSSR count). The summed E-state index contributed by atoms with van der Waals surface area (Å²) in [5, 5.41) is 2.55. The molecule has 0 radical (unpaired) electrons. The number of anilines is 2. The van der Waals surface area contributed by atoms with Crippen LogP contribution in [0.15, 0.2) is 53.4 Å². The Morgan fingerprint density at radius 1 is 1.05 bits per heavy atom. The maximum Gasteiger partial charge on any atom is 0.261 e. The minimum atomic E-state index is -3.88. The number of benzene rings is 2. The zero-order chi connectivity index (χ0) is 15.5. The molecule has 2 aromatic rings. The first-order valence-corrected chi connectivity index (χ1v) is 7.51. The SMILES string of the molecule is CC(=O)Nc1cccc(NS(=O)(=O)c2cccc(F)c2)c1. The number of sulfonamides is 1. The smallest absolute Gasteiger partial charge is 0.261 e. The van der Waals surface area contributed by atoms with E-state index in [1.54, 1.807) is 12.1 Å². The Morgan fingerprint density at radius 2 is 1.71 bits per heavy atom. The molecule has 0 heterocycles. The number of hydrogen-bond acceptors (Lipinski definition) is 3. The van der Waals surface area contributed by atoms with Crippen molar-refractivity contribution in [1.82, 2.24) is 0 Å². The zero-order valence-electron chi connectivity index (χ0n) is 11.1. The lowest BCUT2D eigenvalue weighted by molar-refractivity contribution is -0.114. The predicted octanol–water partition coefficient (Wildman–Crippen LogP) is 2.58. The molecular weight excluding hydrogens is 295 g/mol. The Kier molecular flexibility index (Phi) is 4.23. The van der Waals surface area contributed by atoms with Crippen molar-refractivity contribution in [1.29, 1.82) is 0 Å². The Labute approximate surface area is 121 Å². The molecular formula is C14H13FN2O3S. The summed E-state index contributed by atoms with van der Waals surface area (Å²) in [6, 6.07) is 10.9. The van der Waals surface area contributed by atoms with Crippen molar-refractivity contribution >= 4 is 27.3 Å². The van der Waals surface area contributed by atoms with Crippen molar-refractivity contribution < 1.29 is 17.6 Å². The number of amides is 1. The molecule has 110 valence electrons. The fourth-order valence-corrected chi connectivity index (χ4v) is 2.79. The molecule has 0 aromatic heterocycles. The molecule has 0 saturated carbocycles. The van der Waals surface area contributed by atoms with Crippen LogP contribution in [0.2, 0.25) is 0 Å². The van der Waals surface area contributed by atoms with Crippen molar-refractivity contribution in [2.24, 2.45) is 0 Å². The summed E-state index contributed by atoms with van der Waals surface area (Å²) >= 11 is 0. The summed E-state index contributed by atoms with van der Waals surface area (Å²) in [4.78, 5) is 10.8. The van der Waals surface area contributed by atoms with Crippen LogP contribution in [0.3, 0.4) is 0 Å². The molecule has 2 aromatic carbocycles. The highest BCUT2D eigenvalue weighted by Gasteiger charge is 2.15. The van der Waals surface area contributed by atoms with Crippen molar-refractivity contribution in [3.8, 4) is 0 Å². The first-order valence-electron chi connectivity index (χ1n) is 6.03. The van der Waals surface area contributed by atoms with Crippen LogP contribution in [0.25, 0.3) is 0 Å². The predicted molar refractivity (Wildman–Crippen MR) is 78.0 cm³/mol. The molecule has 1 amide bonds. The summed E-state index contributed by atoms with van der Waals surface area (Å²) in [5.41, 5.74) is 0.729. The Hall–Kier alpha value is -2.41. The van der Waals surface area contributed by atoms with Crippen LogP contribution in [0.5, 0.6) is 0 Å². The Bertz CT molecular complexity index is 775. The standard InChI is InChI=1S/C14H13FN2O3S/c1-10(18)16-12-5-3-6-13(9-12)17-21(19,20)14-7-2-4-11(15)8-14/h2-9,17H,1H3,(H,16,18). The fourth-order valence-electron chi connectivity index (χ4n) is 1.71. The van der Waals surface area contributed by atoms with E-state index in [0.717, 1.165) is 12.1 Å². The second-order valence-corrected chi connectivity index (χ2v) is 6.01. The van der Waals surface area contributed by atoms with Crippen molar-refractivity contribution in [2.45, 2.75) is 11.8 Å². The van der Waals surface area contributed by atoms with Gasteiger partial charge < -0.3 is 5.32 Å². The van der Waals surface area contributed by atoms with Crippen molar-refractivity contribution in [2.75, 3.05) is 10.0 Å². The third kappa shape index (κ3) is 4.03. The second-order valence-electron chi connectivity index (χ2n) is 4.32. The van der Waals surface area contributed by atoms with E-state index in [1.807, 2.05) is 0 Å². The average molecular weight is 308 g/mol. The monoisotopic (exact) mass is 308 g/mol. The molecule has 5 nitrogen and oxygen atoms in total. The van der Waals surface area contributed by atoms with Gasteiger partial charge in [-0.25, -0.2) is 12.8 Å². The van der Waals surface area contributed by atoms with E-state index < -0.39 is 15.8 Å². The summed E-state index contributed by atoms with van der Waals surface area (Å²) < 4.78 is 39.7. The minimum absolute atomic E-state index is 0.174. The van der Waals surface area contributed by atoms with Crippen LogP contribution in [0.4, 0.5) is 15.8 Å². The van der Waals surface area contributed by atoms with Gasteiger partial charge in [-0.15, -0.1) is 0 Å². The van der Waals surface area contributed by atoms with Crippen LogP contribution >= 0.6 is 0 Å². The van der Waals surface area contributed by atoms with E-state index in [0.29, 0.717) is 5.69 Å². The van der Waals surface area contributed by atoms with Crippen molar-refractivity contribution in [3.63, 3.8) is 0 Å². The Morgan fingerprint density at radius 3 is 2.38 bits per heavy atom. The molecule has 0 aliphatic carbocycles. The molecule has 0 bridgehead atoms. The number of rotatable bonds is 4. The zero-order valence-corrected chi connectivity index (χ0v) is 11.9. The van der Waals surface area contributed by atoms with Crippen LogP contribution in [0.1, 0.15) is 6.92 Å². The van der Waals surface area contributed by atoms with Gasteiger partial charge in [0.2, 0.25) is 5.91 Å². The summed E-state index contributed by atoms with van der Waals surface area (Å²) in [7, 11) is -3.88. The number of halogens is 1. The van der Waals surface area contributed by atoms with Gasteiger partial charge in [-0.05, 0) is 36.4 Å². The van der Waals surface area contributed by atoms with Gasteiger partial charge in [0.15, 0.2) is 0 Å². The third-order valence-electron chi connectivity index (χ3n) is 2.54. The molecule has 0 spiro atoms. The molecule has 21 heavy (non-hydrogen) atoms. The molecule has 0 saturated heterocycles. The minimum Gasteiger partial charge on any atom is -0.326 e. The highest BCUT2D eigenvalue weighted by molar-refractivity contribution is 7.92. The van der Waals surface area contributed by atoms with Crippen LogP contribution < -0.4 is 10.0 Å². The van der Waals surface area contributed by atoms with Crippen molar-refractivity contribution in [3.05, 3.63) is 54.3 Å². The molecule has 0 atom stereocenters. The number of nitrogens with one attached hydrogen (secondary N) is 2. The highest BCUT2D eigenvalue weighted by Crippen LogP contribution is 2.20.